The summed E-state index contributed by atoms with van der Waals surface area (Å²) in [6.07, 6.45) is 0.0808. The summed E-state index contributed by atoms with van der Waals surface area (Å²) in [4.78, 5) is 32.6. The van der Waals surface area contributed by atoms with Crippen molar-refractivity contribution in [1.82, 2.24) is 4.90 Å². The monoisotopic (exact) mass is 489 g/mol. The van der Waals surface area contributed by atoms with Crippen LogP contribution < -0.4 is 14.8 Å². The second kappa shape index (κ2) is 11.6. The number of anilines is 1. The minimum atomic E-state index is -0.594. The third kappa shape index (κ3) is 6.42. The van der Waals surface area contributed by atoms with Crippen LogP contribution >= 0.6 is 11.8 Å². The fourth-order valence-corrected chi connectivity index (χ4v) is 4.65. The zero-order chi connectivity index (χ0) is 24.6. The first kappa shape index (κ1) is 24.3. The first-order chi connectivity index (χ1) is 17.1. The summed E-state index contributed by atoms with van der Waals surface area (Å²) < 4.78 is 10.7. The lowest BCUT2D eigenvalue weighted by Gasteiger charge is -2.32. The number of carbonyl (C=O) groups excluding carboxylic acids is 2. The maximum atomic E-state index is 13.2. The average Bonchev–Trinajstić information content (AvgIpc) is 2.88. The quantitative estimate of drug-likeness (QED) is 0.467. The van der Waals surface area contributed by atoms with Crippen LogP contribution in [0.25, 0.3) is 0 Å². The molecule has 0 aromatic heterocycles. The first-order valence-corrected chi connectivity index (χ1v) is 12.2. The van der Waals surface area contributed by atoms with Crippen molar-refractivity contribution in [2.75, 3.05) is 19.0 Å². The molecule has 7 nitrogen and oxygen atoms in total. The van der Waals surface area contributed by atoms with Crippen LogP contribution in [-0.2, 0) is 16.1 Å². The average molecular weight is 490 g/mol. The van der Waals surface area contributed by atoms with Gasteiger partial charge in [0.15, 0.2) is 5.17 Å². The van der Waals surface area contributed by atoms with Crippen LogP contribution in [0.4, 0.5) is 11.4 Å². The van der Waals surface area contributed by atoms with Gasteiger partial charge in [0, 0.05) is 12.1 Å². The van der Waals surface area contributed by atoms with Crippen molar-refractivity contribution in [1.29, 1.82) is 0 Å². The molecule has 4 rings (SSSR count). The molecule has 1 heterocycles. The van der Waals surface area contributed by atoms with Crippen LogP contribution in [0.3, 0.4) is 0 Å². The Morgan fingerprint density at radius 2 is 1.71 bits per heavy atom. The van der Waals surface area contributed by atoms with Crippen molar-refractivity contribution in [3.63, 3.8) is 0 Å². The van der Waals surface area contributed by atoms with Crippen LogP contribution in [0.15, 0.2) is 83.9 Å². The van der Waals surface area contributed by atoms with Gasteiger partial charge in [0.05, 0.1) is 25.9 Å². The molecular formula is C27H27N3O4S. The van der Waals surface area contributed by atoms with Crippen molar-refractivity contribution in [3.05, 3.63) is 84.4 Å². The van der Waals surface area contributed by atoms with Crippen LogP contribution in [0.1, 0.15) is 18.9 Å². The first-order valence-electron chi connectivity index (χ1n) is 11.3. The van der Waals surface area contributed by atoms with Gasteiger partial charge < -0.3 is 14.8 Å². The second-order valence-corrected chi connectivity index (χ2v) is 8.99. The number of rotatable bonds is 8. The molecule has 2 amide bonds. The van der Waals surface area contributed by atoms with E-state index in [1.807, 2.05) is 61.5 Å². The lowest BCUT2D eigenvalue weighted by molar-refractivity contribution is -0.129. The van der Waals surface area contributed by atoms with E-state index in [4.69, 9.17) is 14.5 Å². The molecule has 0 unspecified atom stereocenters. The van der Waals surface area contributed by atoms with E-state index in [-0.39, 0.29) is 18.2 Å². The van der Waals surface area contributed by atoms with Crippen molar-refractivity contribution >= 4 is 40.1 Å². The number of amidine groups is 1. The van der Waals surface area contributed by atoms with Crippen molar-refractivity contribution < 1.29 is 19.1 Å². The SMILES string of the molecule is CCOc1ccc(NC(=O)[C@H]2CC(=O)N(Cc3ccc(OC)cc3)C(=Nc3ccccc3)S2)cc1. The van der Waals surface area contributed by atoms with E-state index in [9.17, 15) is 9.59 Å². The summed E-state index contributed by atoms with van der Waals surface area (Å²) in [7, 11) is 1.61. The van der Waals surface area contributed by atoms with Gasteiger partial charge in [0.25, 0.3) is 0 Å². The van der Waals surface area contributed by atoms with Gasteiger partial charge >= 0.3 is 0 Å². The second-order valence-electron chi connectivity index (χ2n) is 7.82. The van der Waals surface area contributed by atoms with Gasteiger partial charge in [-0.15, -0.1) is 0 Å². The number of benzene rings is 3. The number of nitrogens with zero attached hydrogens (tertiary/aromatic N) is 2. The molecule has 0 bridgehead atoms. The van der Waals surface area contributed by atoms with Gasteiger partial charge in [-0.1, -0.05) is 42.1 Å². The Hall–Kier alpha value is -3.78. The molecule has 1 fully saturated rings. The van der Waals surface area contributed by atoms with E-state index in [0.29, 0.717) is 24.0 Å². The fraction of sp³-hybridized carbons (Fsp3) is 0.222. The molecule has 0 radical (unpaired) electrons. The summed E-state index contributed by atoms with van der Waals surface area (Å²) in [5.41, 5.74) is 2.31. The third-order valence-corrected chi connectivity index (χ3v) is 6.53. The highest BCUT2D eigenvalue weighted by molar-refractivity contribution is 8.15. The molecule has 8 heteroatoms. The lowest BCUT2D eigenvalue weighted by atomic mass is 10.2. The van der Waals surface area contributed by atoms with Crippen LogP contribution in [0.5, 0.6) is 11.5 Å². The minimum absolute atomic E-state index is 0.0808. The molecule has 0 spiro atoms. The normalized spacial score (nSPS) is 16.7. The number of hydrogen-bond acceptors (Lipinski definition) is 6. The topological polar surface area (TPSA) is 80.2 Å². The highest BCUT2D eigenvalue weighted by atomic mass is 32.2. The van der Waals surface area contributed by atoms with E-state index in [0.717, 1.165) is 22.7 Å². The molecule has 1 aliphatic heterocycles. The van der Waals surface area contributed by atoms with Crippen molar-refractivity contribution in [2.24, 2.45) is 4.99 Å². The Labute approximate surface area is 209 Å². The molecule has 3 aromatic carbocycles. The minimum Gasteiger partial charge on any atom is -0.497 e. The summed E-state index contributed by atoms with van der Waals surface area (Å²) >= 11 is 1.30. The largest absolute Gasteiger partial charge is 0.497 e. The van der Waals surface area contributed by atoms with Gasteiger partial charge in [-0.3, -0.25) is 14.5 Å². The van der Waals surface area contributed by atoms with Gasteiger partial charge in [0.1, 0.15) is 16.7 Å². The smallest absolute Gasteiger partial charge is 0.238 e. The van der Waals surface area contributed by atoms with Crippen molar-refractivity contribution in [2.45, 2.75) is 25.1 Å². The molecule has 1 saturated heterocycles. The fourth-order valence-electron chi connectivity index (χ4n) is 3.55. The number of methoxy groups -OCH3 is 1. The van der Waals surface area contributed by atoms with Crippen LogP contribution in [0, 0.1) is 0 Å². The predicted octanol–water partition coefficient (Wildman–Crippen LogP) is 5.25. The molecule has 3 aromatic rings. The molecule has 180 valence electrons. The molecule has 0 aliphatic carbocycles. The number of hydrogen-bond donors (Lipinski definition) is 1. The third-order valence-electron chi connectivity index (χ3n) is 5.35. The number of aliphatic imine (C=N–C) groups is 1. The Morgan fingerprint density at radius 1 is 1.03 bits per heavy atom. The molecule has 1 aliphatic rings. The zero-order valence-corrected chi connectivity index (χ0v) is 20.5. The Balaban J connectivity index is 1.53. The Bertz CT molecular complexity index is 1180. The lowest BCUT2D eigenvalue weighted by Crippen LogP contribution is -2.44. The summed E-state index contributed by atoms with van der Waals surface area (Å²) in [5, 5.41) is 2.81. The molecule has 1 atom stereocenters. The number of carbonyl (C=O) groups is 2. The van der Waals surface area contributed by atoms with Gasteiger partial charge in [-0.25, -0.2) is 4.99 Å². The number of ether oxygens (including phenoxy) is 2. The predicted molar refractivity (Wildman–Crippen MR) is 139 cm³/mol. The maximum Gasteiger partial charge on any atom is 0.238 e. The number of nitrogens with one attached hydrogen (secondary N) is 1. The number of thioether (sulfide) groups is 1. The summed E-state index contributed by atoms with van der Waals surface area (Å²) in [5.74, 6) is 1.09. The Morgan fingerprint density at radius 3 is 2.37 bits per heavy atom. The maximum absolute atomic E-state index is 13.2. The standard InChI is InChI=1S/C27H27N3O4S/c1-3-34-23-15-11-21(12-16-23)28-26(32)24-17-25(31)30(18-19-9-13-22(33-2)14-10-19)27(35-24)29-20-7-5-4-6-8-20/h4-16,24H,3,17-18H2,1-2H3,(H,28,32)/t24-/m1/s1. The molecule has 35 heavy (non-hydrogen) atoms. The van der Waals surface area contributed by atoms with E-state index >= 15 is 0 Å². The molecular weight excluding hydrogens is 462 g/mol. The molecule has 1 N–H and O–H groups in total. The molecule has 0 saturated carbocycles. The highest BCUT2D eigenvalue weighted by Crippen LogP contribution is 2.31. The van der Waals surface area contributed by atoms with Crippen molar-refractivity contribution in [3.8, 4) is 11.5 Å². The van der Waals surface area contributed by atoms with Gasteiger partial charge in [0.2, 0.25) is 11.8 Å². The summed E-state index contributed by atoms with van der Waals surface area (Å²) in [6.45, 7) is 2.84. The number of amides is 2. The zero-order valence-electron chi connectivity index (χ0n) is 19.6. The van der Waals surface area contributed by atoms with E-state index < -0.39 is 5.25 Å². The van der Waals surface area contributed by atoms with E-state index in [1.165, 1.54) is 11.8 Å². The van der Waals surface area contributed by atoms with E-state index in [2.05, 4.69) is 5.32 Å². The van der Waals surface area contributed by atoms with Gasteiger partial charge in [-0.2, -0.15) is 0 Å². The van der Waals surface area contributed by atoms with Gasteiger partial charge in [-0.05, 0) is 61.0 Å². The van der Waals surface area contributed by atoms with E-state index in [1.54, 1.807) is 36.3 Å². The number of para-hydroxylation sites is 1. The van der Waals surface area contributed by atoms with Crippen LogP contribution in [0.2, 0.25) is 0 Å². The highest BCUT2D eigenvalue weighted by Gasteiger charge is 2.36. The van der Waals surface area contributed by atoms with Crippen LogP contribution in [-0.4, -0.2) is 40.8 Å². The Kier molecular flexibility index (Phi) is 8.05. The summed E-state index contributed by atoms with van der Waals surface area (Å²) in [6, 6.07) is 24.1.